The molecule has 3 aromatic heterocycles. The van der Waals surface area contributed by atoms with Crippen molar-refractivity contribution in [2.75, 3.05) is 0 Å². The number of aromatic nitrogens is 2. The second-order valence-electron chi connectivity index (χ2n) is 24.0. The predicted molar refractivity (Wildman–Crippen MR) is 340 cm³/mol. The Morgan fingerprint density at radius 3 is 1.40 bits per heavy atom. The predicted octanol–water partition coefficient (Wildman–Crippen LogP) is 17.0. The van der Waals surface area contributed by atoms with Gasteiger partial charge in [0.05, 0.1) is 22.1 Å². The molecule has 380 valence electrons. The molecule has 11 aromatic carbocycles. The quantitative estimate of drug-likeness (QED) is 0.111. The van der Waals surface area contributed by atoms with Crippen LogP contribution in [0.3, 0.4) is 0 Å². The van der Waals surface area contributed by atoms with Crippen LogP contribution >= 0.6 is 11.3 Å². The van der Waals surface area contributed by atoms with Crippen LogP contribution in [0.25, 0.3) is 97.4 Å². The summed E-state index contributed by atoms with van der Waals surface area (Å²) in [7, 11) is -2.76. The molecular weight excluding hydrogens is 1000 g/mol. The van der Waals surface area contributed by atoms with Gasteiger partial charge in [0, 0.05) is 58.5 Å². The molecule has 0 aliphatic heterocycles. The van der Waals surface area contributed by atoms with E-state index >= 15 is 0 Å². The van der Waals surface area contributed by atoms with Crippen LogP contribution in [0.15, 0.2) is 255 Å². The lowest BCUT2D eigenvalue weighted by Crippen LogP contribution is -2.74. The van der Waals surface area contributed by atoms with Gasteiger partial charge in [0.2, 0.25) is 0 Å². The van der Waals surface area contributed by atoms with Gasteiger partial charge in [-0.25, -0.2) is 0 Å². The van der Waals surface area contributed by atoms with Gasteiger partial charge in [-0.15, -0.1) is 11.3 Å². The Labute approximate surface area is 470 Å². The summed E-state index contributed by atoms with van der Waals surface area (Å²) in [5.74, 6) is 3.02. The van der Waals surface area contributed by atoms with E-state index in [0.717, 1.165) is 11.8 Å². The molecule has 0 radical (unpaired) electrons. The van der Waals surface area contributed by atoms with Crippen LogP contribution in [0.5, 0.6) is 0 Å². The molecule has 5 aliphatic rings. The van der Waals surface area contributed by atoms with Crippen molar-refractivity contribution in [3.8, 4) is 33.6 Å². The lowest BCUT2D eigenvalue weighted by Gasteiger charge is -2.61. The molecular formula is C76H56N2SSi. The zero-order chi connectivity index (χ0) is 52.3. The van der Waals surface area contributed by atoms with Crippen molar-refractivity contribution in [2.24, 2.45) is 23.7 Å². The molecule has 1 spiro atoms. The zero-order valence-corrected chi connectivity index (χ0v) is 46.2. The molecule has 3 heterocycles. The summed E-state index contributed by atoms with van der Waals surface area (Å²) in [6.07, 6.45) is 6.83. The number of hydrogen-bond acceptors (Lipinski definition) is 1. The maximum Gasteiger partial charge on any atom is 0.179 e. The summed E-state index contributed by atoms with van der Waals surface area (Å²) in [5, 5.41) is 13.5. The van der Waals surface area contributed by atoms with E-state index in [2.05, 4.69) is 264 Å². The van der Waals surface area contributed by atoms with E-state index in [9.17, 15) is 0 Å². The number of thiophene rings is 1. The number of para-hydroxylation sites is 2. The number of fused-ring (bicyclic) bond motifs is 12. The Morgan fingerprint density at radius 1 is 0.325 bits per heavy atom. The molecule has 0 unspecified atom stereocenters. The van der Waals surface area contributed by atoms with E-state index in [4.69, 9.17) is 0 Å². The van der Waals surface area contributed by atoms with Gasteiger partial charge in [-0.05, 0) is 177 Å². The second kappa shape index (κ2) is 17.0. The highest BCUT2D eigenvalue weighted by atomic mass is 32.1. The third kappa shape index (κ3) is 6.18. The van der Waals surface area contributed by atoms with Gasteiger partial charge in [0.1, 0.15) is 0 Å². The minimum atomic E-state index is -2.76. The maximum atomic E-state index is 2.70. The first kappa shape index (κ1) is 45.3. The lowest BCUT2D eigenvalue weighted by atomic mass is 9.43. The van der Waals surface area contributed by atoms with Crippen molar-refractivity contribution in [3.63, 3.8) is 0 Å². The van der Waals surface area contributed by atoms with Gasteiger partial charge in [0.15, 0.2) is 8.07 Å². The van der Waals surface area contributed by atoms with E-state index in [1.807, 2.05) is 11.3 Å². The summed E-state index contributed by atoms with van der Waals surface area (Å²) < 4.78 is 7.71. The van der Waals surface area contributed by atoms with Crippen LogP contribution in [0.1, 0.15) is 43.2 Å². The van der Waals surface area contributed by atoms with E-state index in [0.29, 0.717) is 11.8 Å². The Morgan fingerprint density at radius 2 is 0.812 bits per heavy atom. The minimum absolute atomic E-state index is 0.00212. The third-order valence-electron chi connectivity index (χ3n) is 20.2. The van der Waals surface area contributed by atoms with Crippen molar-refractivity contribution < 1.29 is 0 Å². The zero-order valence-electron chi connectivity index (χ0n) is 44.4. The van der Waals surface area contributed by atoms with E-state index in [1.165, 1.54) is 150 Å². The number of benzene rings is 11. The van der Waals surface area contributed by atoms with E-state index < -0.39 is 8.07 Å². The third-order valence-corrected chi connectivity index (χ3v) is 26.1. The summed E-state index contributed by atoms with van der Waals surface area (Å²) in [4.78, 5) is 0. The monoisotopic (exact) mass is 1060 g/mol. The summed E-state index contributed by atoms with van der Waals surface area (Å²) >= 11 is 1.88. The standard InChI is InChI=1S/C76H56N2SSi/c1-4-16-56(17-5-1)80(57-18-6-2-7-19-57,58-20-8-3-9-21-58)59-32-35-68-65(47-59)60-33-30-54(45-69(60)76(68)52-39-48-38-49(41-52)42-53(76)40-48)77-70-25-13-10-22-61(70)66-43-50(28-36-72(66)77)51-29-37-73-67(44-51)62-23-11-14-26-71(62)78(73)55-31-34-64-63-24-12-15-27-74(63)79-75(64)46-55/h1-37,43-49,52-53H,38-42H2. The molecule has 14 aromatic rings. The maximum absolute atomic E-state index is 2.76. The Kier molecular flexibility index (Phi) is 9.63. The first-order chi connectivity index (χ1) is 39.6. The largest absolute Gasteiger partial charge is 0.309 e. The molecule has 2 nitrogen and oxygen atoms in total. The highest BCUT2D eigenvalue weighted by molar-refractivity contribution is 7.25. The Balaban J connectivity index is 0.797. The summed E-state index contributed by atoms with van der Waals surface area (Å²) in [6, 6.07) is 98.4. The highest BCUT2D eigenvalue weighted by Crippen LogP contribution is 2.69. The molecule has 5 aliphatic carbocycles. The lowest BCUT2D eigenvalue weighted by molar-refractivity contribution is -0.0399. The van der Waals surface area contributed by atoms with Crippen molar-refractivity contribution in [3.05, 3.63) is 266 Å². The van der Waals surface area contributed by atoms with Crippen LogP contribution < -0.4 is 20.7 Å². The summed E-state index contributed by atoms with van der Waals surface area (Å²) in [5.41, 5.74) is 16.0. The molecule has 4 fully saturated rings. The Hall–Kier alpha value is -8.54. The molecule has 80 heavy (non-hydrogen) atoms. The number of rotatable bonds is 7. The van der Waals surface area contributed by atoms with Crippen LogP contribution in [-0.4, -0.2) is 17.2 Å². The van der Waals surface area contributed by atoms with Gasteiger partial charge in [-0.1, -0.05) is 188 Å². The van der Waals surface area contributed by atoms with Crippen molar-refractivity contribution in [1.82, 2.24) is 9.13 Å². The fourth-order valence-electron chi connectivity index (χ4n) is 17.3. The van der Waals surface area contributed by atoms with Crippen LogP contribution in [0.4, 0.5) is 0 Å². The molecule has 4 heteroatoms. The fourth-order valence-corrected chi connectivity index (χ4v) is 23.3. The molecule has 0 amide bonds. The van der Waals surface area contributed by atoms with E-state index in [-0.39, 0.29) is 5.41 Å². The Bertz CT molecular complexity index is 4730. The SMILES string of the molecule is c1ccc([Si](c2ccccc2)(c2ccccc2)c2ccc3c(c2)-c2ccc(-n4c5ccccc5c5cc(-c6ccc7c(c6)c6ccccc6n7-c6ccc7c(c6)sc6ccccc67)ccc54)cc2C32C3CC4CC(C3)CC2C4)cc1. The minimum Gasteiger partial charge on any atom is -0.309 e. The average Bonchev–Trinajstić information content (AvgIpc) is 3.92. The van der Waals surface area contributed by atoms with Crippen molar-refractivity contribution in [2.45, 2.75) is 37.5 Å². The molecule has 0 atom stereocenters. The average molecular weight is 1060 g/mol. The fraction of sp³-hybridized carbons (Fsp3) is 0.132. The van der Waals surface area contributed by atoms with Crippen molar-refractivity contribution in [1.29, 1.82) is 0 Å². The van der Waals surface area contributed by atoms with Gasteiger partial charge in [0.25, 0.3) is 0 Å². The second-order valence-corrected chi connectivity index (χ2v) is 28.9. The van der Waals surface area contributed by atoms with Crippen molar-refractivity contribution >= 4 is 104 Å². The van der Waals surface area contributed by atoms with Gasteiger partial charge >= 0.3 is 0 Å². The number of hydrogen-bond donors (Lipinski definition) is 0. The first-order valence-corrected chi connectivity index (χ1v) is 31.9. The van der Waals surface area contributed by atoms with Crippen LogP contribution in [-0.2, 0) is 5.41 Å². The van der Waals surface area contributed by atoms with Gasteiger partial charge in [-0.2, -0.15) is 0 Å². The van der Waals surface area contributed by atoms with Gasteiger partial charge in [-0.3, -0.25) is 0 Å². The van der Waals surface area contributed by atoms with E-state index in [1.54, 1.807) is 11.1 Å². The highest BCUT2D eigenvalue weighted by Gasteiger charge is 2.62. The molecule has 4 bridgehead atoms. The first-order valence-electron chi connectivity index (χ1n) is 29.1. The van der Waals surface area contributed by atoms with Crippen LogP contribution in [0.2, 0.25) is 0 Å². The molecule has 0 N–H and O–H groups in total. The normalized spacial score (nSPS) is 20.1. The molecule has 19 rings (SSSR count). The topological polar surface area (TPSA) is 9.86 Å². The molecule has 4 saturated carbocycles. The smallest absolute Gasteiger partial charge is 0.179 e. The van der Waals surface area contributed by atoms with Gasteiger partial charge < -0.3 is 9.13 Å². The summed E-state index contributed by atoms with van der Waals surface area (Å²) in [6.45, 7) is 0. The molecule has 0 saturated heterocycles. The van der Waals surface area contributed by atoms with Crippen LogP contribution in [0, 0.1) is 23.7 Å². The number of nitrogens with zero attached hydrogens (tertiary/aromatic N) is 2.